The van der Waals surface area contributed by atoms with E-state index >= 15 is 0 Å². The van der Waals surface area contributed by atoms with Gasteiger partial charge in [-0.3, -0.25) is 0 Å². The molecule has 5 heteroatoms. The number of thioether (sulfide) groups is 1. The van der Waals surface area contributed by atoms with Gasteiger partial charge in [0.25, 0.3) is 0 Å². The van der Waals surface area contributed by atoms with Crippen LogP contribution in [-0.4, -0.2) is 24.1 Å². The number of benzene rings is 1. The molecule has 1 saturated heterocycles. The Morgan fingerprint density at radius 3 is 2.89 bits per heavy atom. The Bertz CT molecular complexity index is 485. The molecule has 1 atom stereocenters. The quantitative estimate of drug-likeness (QED) is 0.824. The first-order chi connectivity index (χ1) is 8.67. The maximum Gasteiger partial charge on any atom is 0.183 e. The second-order valence-corrected chi connectivity index (χ2v) is 5.63. The highest BCUT2D eigenvalue weighted by atomic mass is 32.2. The van der Waals surface area contributed by atoms with E-state index in [1.807, 2.05) is 16.7 Å². The molecule has 1 aliphatic heterocycles. The fraction of sp³-hybridized carbons (Fsp3) is 0.462. The Kier molecular flexibility index (Phi) is 4.07. The second-order valence-electron chi connectivity index (χ2n) is 4.22. The monoisotopic (exact) mass is 268 g/mol. The first-order valence-electron chi connectivity index (χ1n) is 5.92. The SMILES string of the molecule is CCC1CN(c2ccc(C#N)c(F)c2F)CCS1. The molecule has 0 saturated carbocycles. The number of anilines is 1. The van der Waals surface area contributed by atoms with Crippen molar-refractivity contribution in [3.63, 3.8) is 0 Å². The third kappa shape index (κ3) is 2.44. The van der Waals surface area contributed by atoms with Gasteiger partial charge in [-0.15, -0.1) is 0 Å². The Morgan fingerprint density at radius 2 is 2.22 bits per heavy atom. The van der Waals surface area contributed by atoms with E-state index in [1.54, 1.807) is 6.07 Å². The Labute approximate surface area is 110 Å². The van der Waals surface area contributed by atoms with E-state index in [0.717, 1.165) is 18.7 Å². The molecule has 2 nitrogen and oxygen atoms in total. The molecule has 0 spiro atoms. The number of hydrogen-bond acceptors (Lipinski definition) is 3. The maximum atomic E-state index is 13.9. The van der Waals surface area contributed by atoms with Crippen LogP contribution >= 0.6 is 11.8 Å². The van der Waals surface area contributed by atoms with Gasteiger partial charge in [-0.25, -0.2) is 8.78 Å². The first kappa shape index (κ1) is 13.2. The first-order valence-corrected chi connectivity index (χ1v) is 6.97. The smallest absolute Gasteiger partial charge is 0.183 e. The van der Waals surface area contributed by atoms with Crippen LogP contribution in [0.2, 0.25) is 0 Å². The van der Waals surface area contributed by atoms with Crippen LogP contribution in [0, 0.1) is 23.0 Å². The second kappa shape index (κ2) is 5.57. The molecular formula is C13H14F2N2S. The molecule has 0 amide bonds. The summed E-state index contributed by atoms with van der Waals surface area (Å²) in [6.07, 6.45) is 1.02. The molecule has 0 radical (unpaired) electrons. The third-order valence-corrected chi connectivity index (χ3v) is 4.49. The van der Waals surface area contributed by atoms with Crippen LogP contribution in [0.15, 0.2) is 12.1 Å². The fourth-order valence-corrected chi connectivity index (χ4v) is 3.24. The van der Waals surface area contributed by atoms with Gasteiger partial charge in [-0.1, -0.05) is 6.92 Å². The molecule has 1 fully saturated rings. The summed E-state index contributed by atoms with van der Waals surface area (Å²) in [4.78, 5) is 1.87. The van der Waals surface area contributed by atoms with Crippen LogP contribution in [0.1, 0.15) is 18.9 Å². The van der Waals surface area contributed by atoms with Gasteiger partial charge in [0.15, 0.2) is 11.6 Å². The molecule has 1 aromatic rings. The standard InChI is InChI=1S/C13H14F2N2S/c1-2-10-8-17(5-6-18-10)11-4-3-9(7-16)12(14)13(11)15/h3-4,10H,2,5-6,8H2,1H3. The number of hydrogen-bond donors (Lipinski definition) is 0. The summed E-state index contributed by atoms with van der Waals surface area (Å²) in [5.41, 5.74) is 0.0277. The van der Waals surface area contributed by atoms with Gasteiger partial charge in [0, 0.05) is 24.1 Å². The van der Waals surface area contributed by atoms with Crippen molar-refractivity contribution in [1.29, 1.82) is 5.26 Å². The van der Waals surface area contributed by atoms with Crippen molar-refractivity contribution in [2.75, 3.05) is 23.7 Å². The van der Waals surface area contributed by atoms with Crippen LogP contribution in [0.3, 0.4) is 0 Å². The summed E-state index contributed by atoms with van der Waals surface area (Å²) in [6.45, 7) is 3.53. The Hall–Kier alpha value is -1.28. The van der Waals surface area contributed by atoms with Crippen molar-refractivity contribution in [2.24, 2.45) is 0 Å². The van der Waals surface area contributed by atoms with E-state index in [4.69, 9.17) is 5.26 Å². The number of nitrogens with zero attached hydrogens (tertiary/aromatic N) is 2. The normalized spacial score (nSPS) is 19.7. The van der Waals surface area contributed by atoms with Gasteiger partial charge >= 0.3 is 0 Å². The lowest BCUT2D eigenvalue weighted by Crippen LogP contribution is -2.38. The van der Waals surface area contributed by atoms with Gasteiger partial charge < -0.3 is 4.90 Å². The van der Waals surface area contributed by atoms with E-state index in [9.17, 15) is 8.78 Å². The lowest BCUT2D eigenvalue weighted by molar-refractivity contribution is 0.503. The highest BCUT2D eigenvalue weighted by Gasteiger charge is 2.23. The lowest BCUT2D eigenvalue weighted by atomic mass is 10.1. The summed E-state index contributed by atoms with van der Waals surface area (Å²) in [6, 6.07) is 4.49. The van der Waals surface area contributed by atoms with E-state index in [0.29, 0.717) is 11.8 Å². The minimum atomic E-state index is -1.04. The highest BCUT2D eigenvalue weighted by Crippen LogP contribution is 2.29. The van der Waals surface area contributed by atoms with Gasteiger partial charge in [-0.05, 0) is 18.6 Å². The molecule has 0 aromatic heterocycles. The molecule has 0 N–H and O–H groups in total. The summed E-state index contributed by atoms with van der Waals surface area (Å²) >= 11 is 1.87. The van der Waals surface area contributed by atoms with Gasteiger partial charge in [0.1, 0.15) is 6.07 Å². The predicted molar refractivity (Wildman–Crippen MR) is 69.8 cm³/mol. The molecule has 1 heterocycles. The topological polar surface area (TPSA) is 27.0 Å². The van der Waals surface area contributed by atoms with E-state index in [2.05, 4.69) is 6.92 Å². The van der Waals surface area contributed by atoms with Gasteiger partial charge in [-0.2, -0.15) is 17.0 Å². The van der Waals surface area contributed by atoms with E-state index in [1.165, 1.54) is 12.1 Å². The van der Waals surface area contributed by atoms with Gasteiger partial charge in [0.2, 0.25) is 0 Å². The molecule has 1 aliphatic rings. The van der Waals surface area contributed by atoms with Crippen molar-refractivity contribution in [2.45, 2.75) is 18.6 Å². The van der Waals surface area contributed by atoms with E-state index in [-0.39, 0.29) is 11.3 Å². The third-order valence-electron chi connectivity index (χ3n) is 3.12. The number of nitriles is 1. The van der Waals surface area contributed by atoms with Crippen molar-refractivity contribution >= 4 is 17.4 Å². The zero-order valence-corrected chi connectivity index (χ0v) is 10.9. The van der Waals surface area contributed by atoms with Gasteiger partial charge in [0.05, 0.1) is 11.3 Å². The van der Waals surface area contributed by atoms with E-state index < -0.39 is 11.6 Å². The van der Waals surface area contributed by atoms with Crippen LogP contribution in [-0.2, 0) is 0 Å². The average Bonchev–Trinajstić information content (AvgIpc) is 2.42. The molecule has 0 aliphatic carbocycles. The highest BCUT2D eigenvalue weighted by molar-refractivity contribution is 8.00. The van der Waals surface area contributed by atoms with Crippen LogP contribution in [0.5, 0.6) is 0 Å². The molecule has 0 bridgehead atoms. The van der Waals surface area contributed by atoms with Crippen molar-refractivity contribution < 1.29 is 8.78 Å². The predicted octanol–water partition coefficient (Wildman–Crippen LogP) is 3.17. The molecular weight excluding hydrogens is 254 g/mol. The molecule has 1 aromatic carbocycles. The molecule has 2 rings (SSSR count). The number of rotatable bonds is 2. The Morgan fingerprint density at radius 1 is 1.44 bits per heavy atom. The van der Waals surface area contributed by atoms with Crippen molar-refractivity contribution in [3.8, 4) is 6.07 Å². The fourth-order valence-electron chi connectivity index (χ4n) is 2.05. The summed E-state index contributed by atoms with van der Waals surface area (Å²) < 4.78 is 27.5. The number of halogens is 2. The maximum absolute atomic E-state index is 13.9. The molecule has 1 unspecified atom stereocenters. The largest absolute Gasteiger partial charge is 0.367 e. The molecule has 96 valence electrons. The minimum Gasteiger partial charge on any atom is -0.367 e. The summed E-state index contributed by atoms with van der Waals surface area (Å²) in [7, 11) is 0. The Balaban J connectivity index is 2.29. The van der Waals surface area contributed by atoms with Crippen molar-refractivity contribution in [1.82, 2.24) is 0 Å². The summed E-state index contributed by atoms with van der Waals surface area (Å²) in [5.74, 6) is -1.03. The summed E-state index contributed by atoms with van der Waals surface area (Å²) in [5, 5.41) is 9.11. The van der Waals surface area contributed by atoms with Crippen molar-refractivity contribution in [3.05, 3.63) is 29.3 Å². The zero-order valence-electron chi connectivity index (χ0n) is 10.1. The lowest BCUT2D eigenvalue weighted by Gasteiger charge is -2.33. The zero-order chi connectivity index (χ0) is 13.1. The van der Waals surface area contributed by atoms with Crippen LogP contribution in [0.25, 0.3) is 0 Å². The van der Waals surface area contributed by atoms with Crippen LogP contribution < -0.4 is 4.90 Å². The molecule has 18 heavy (non-hydrogen) atoms. The minimum absolute atomic E-state index is 0.241. The average molecular weight is 268 g/mol. The van der Waals surface area contributed by atoms with Crippen LogP contribution in [0.4, 0.5) is 14.5 Å².